The Labute approximate surface area is 164 Å². The summed E-state index contributed by atoms with van der Waals surface area (Å²) in [6.45, 7) is 0.483. The van der Waals surface area contributed by atoms with Gasteiger partial charge in [0.1, 0.15) is 17.7 Å². The molecule has 3 aromatic rings. The van der Waals surface area contributed by atoms with Gasteiger partial charge in [-0.15, -0.1) is 0 Å². The van der Waals surface area contributed by atoms with E-state index >= 15 is 0 Å². The molecule has 7 nitrogen and oxygen atoms in total. The number of nitrogens with one attached hydrogen (secondary N) is 1. The lowest BCUT2D eigenvalue weighted by Crippen LogP contribution is -2.34. The number of likely N-dealkylation sites (tertiary alicyclic amines) is 1. The van der Waals surface area contributed by atoms with E-state index in [0.717, 1.165) is 18.6 Å². The van der Waals surface area contributed by atoms with Crippen LogP contribution in [-0.4, -0.2) is 27.6 Å². The van der Waals surface area contributed by atoms with Crippen LogP contribution in [0, 0.1) is 23.0 Å². The molecular formula is C20H15F2N5O2. The zero-order valence-corrected chi connectivity index (χ0v) is 15.1. The number of anilines is 1. The maximum Gasteiger partial charge on any atom is 0.322 e. The van der Waals surface area contributed by atoms with Gasteiger partial charge in [0.2, 0.25) is 11.7 Å². The molecule has 0 radical (unpaired) electrons. The summed E-state index contributed by atoms with van der Waals surface area (Å²) in [5, 5.41) is 15.5. The largest absolute Gasteiger partial charge is 0.337 e. The lowest BCUT2D eigenvalue weighted by Gasteiger charge is -2.22. The van der Waals surface area contributed by atoms with Crippen LogP contribution in [-0.2, 0) is 0 Å². The lowest BCUT2D eigenvalue weighted by molar-refractivity contribution is 0.193. The van der Waals surface area contributed by atoms with Crippen molar-refractivity contribution in [2.45, 2.75) is 18.9 Å². The van der Waals surface area contributed by atoms with Crippen molar-refractivity contribution in [1.82, 2.24) is 15.0 Å². The molecule has 2 aromatic carbocycles. The highest BCUT2D eigenvalue weighted by Gasteiger charge is 2.34. The summed E-state index contributed by atoms with van der Waals surface area (Å²) in [5.41, 5.74) is 0.951. The molecule has 1 N–H and O–H groups in total. The third-order valence-electron chi connectivity index (χ3n) is 4.66. The first-order valence-electron chi connectivity index (χ1n) is 8.92. The van der Waals surface area contributed by atoms with Crippen LogP contribution < -0.4 is 5.32 Å². The third-order valence-corrected chi connectivity index (χ3v) is 4.66. The van der Waals surface area contributed by atoms with Crippen LogP contribution in [0.15, 0.2) is 47.0 Å². The molecule has 2 amide bonds. The number of hydrogen-bond donors (Lipinski definition) is 1. The monoisotopic (exact) mass is 395 g/mol. The molecule has 0 unspecified atom stereocenters. The summed E-state index contributed by atoms with van der Waals surface area (Å²) in [6, 6.07) is 10.9. The Morgan fingerprint density at radius 1 is 1.28 bits per heavy atom. The van der Waals surface area contributed by atoms with Crippen molar-refractivity contribution in [3.8, 4) is 17.5 Å². The van der Waals surface area contributed by atoms with Gasteiger partial charge in [0.15, 0.2) is 0 Å². The molecule has 4 rings (SSSR count). The van der Waals surface area contributed by atoms with E-state index in [9.17, 15) is 13.6 Å². The number of carbonyl (C=O) groups excluding carboxylic acids is 1. The van der Waals surface area contributed by atoms with Crippen molar-refractivity contribution < 1.29 is 18.1 Å². The number of hydrogen-bond acceptors (Lipinski definition) is 5. The second kappa shape index (κ2) is 7.67. The number of halogens is 2. The molecule has 0 spiro atoms. The van der Waals surface area contributed by atoms with Gasteiger partial charge in [-0.25, -0.2) is 13.6 Å². The fourth-order valence-corrected chi connectivity index (χ4v) is 3.28. The number of carbonyl (C=O) groups is 1. The minimum atomic E-state index is -0.796. The van der Waals surface area contributed by atoms with Crippen molar-refractivity contribution in [2.24, 2.45) is 0 Å². The number of urea groups is 1. The highest BCUT2D eigenvalue weighted by Crippen LogP contribution is 2.33. The Morgan fingerprint density at radius 3 is 2.93 bits per heavy atom. The van der Waals surface area contributed by atoms with Crippen molar-refractivity contribution >= 4 is 11.7 Å². The minimum absolute atomic E-state index is 0.00789. The summed E-state index contributed by atoms with van der Waals surface area (Å²) in [5.74, 6) is -1.32. The van der Waals surface area contributed by atoms with Crippen LogP contribution in [0.3, 0.4) is 0 Å². The van der Waals surface area contributed by atoms with E-state index in [1.54, 1.807) is 29.2 Å². The van der Waals surface area contributed by atoms with E-state index in [-0.39, 0.29) is 23.3 Å². The molecule has 9 heteroatoms. The lowest BCUT2D eigenvalue weighted by atomic mass is 10.2. The maximum atomic E-state index is 14.0. The van der Waals surface area contributed by atoms with E-state index in [0.29, 0.717) is 24.2 Å². The van der Waals surface area contributed by atoms with Crippen molar-refractivity contribution in [3.05, 3.63) is 65.6 Å². The van der Waals surface area contributed by atoms with Crippen molar-refractivity contribution in [3.63, 3.8) is 0 Å². The van der Waals surface area contributed by atoms with Crippen LogP contribution in [0.1, 0.15) is 30.3 Å². The summed E-state index contributed by atoms with van der Waals surface area (Å²) < 4.78 is 32.3. The van der Waals surface area contributed by atoms with Gasteiger partial charge >= 0.3 is 6.03 Å². The minimum Gasteiger partial charge on any atom is -0.337 e. The van der Waals surface area contributed by atoms with E-state index in [4.69, 9.17) is 9.78 Å². The molecule has 0 aliphatic carbocycles. The normalized spacial score (nSPS) is 15.9. The fourth-order valence-electron chi connectivity index (χ4n) is 3.28. The van der Waals surface area contributed by atoms with Gasteiger partial charge in [-0.3, -0.25) is 0 Å². The predicted octanol–water partition coefficient (Wildman–Crippen LogP) is 4.26. The molecule has 1 aliphatic rings. The SMILES string of the molecule is N#Cc1cccc(NC(=O)N2CCC[C@@H]2c2nc(-c3ccc(F)cc3F)no2)c1. The molecule has 2 heterocycles. The first-order chi connectivity index (χ1) is 14.0. The molecule has 1 atom stereocenters. The molecule has 0 bridgehead atoms. The van der Waals surface area contributed by atoms with Gasteiger partial charge in [0.25, 0.3) is 0 Å². The first kappa shape index (κ1) is 18.6. The number of amides is 2. The maximum absolute atomic E-state index is 14.0. The average Bonchev–Trinajstić information content (AvgIpc) is 3.37. The Bertz CT molecular complexity index is 1110. The van der Waals surface area contributed by atoms with Crippen LogP contribution in [0.2, 0.25) is 0 Å². The molecule has 1 fully saturated rings. The average molecular weight is 395 g/mol. The zero-order valence-electron chi connectivity index (χ0n) is 15.1. The number of aromatic nitrogens is 2. The molecule has 29 heavy (non-hydrogen) atoms. The standard InChI is InChI=1S/C20H15F2N5O2/c21-13-6-7-15(16(22)10-13)18-25-19(29-26-18)17-5-2-8-27(17)20(28)24-14-4-1-3-12(9-14)11-23/h1,3-4,6-7,9-10,17H,2,5,8H2,(H,24,28)/t17-/m1/s1. The van der Waals surface area contributed by atoms with Crippen LogP contribution in [0.5, 0.6) is 0 Å². The fraction of sp³-hybridized carbons (Fsp3) is 0.200. The van der Waals surface area contributed by atoms with Gasteiger partial charge in [-0.05, 0) is 43.2 Å². The van der Waals surface area contributed by atoms with E-state index in [1.807, 2.05) is 6.07 Å². The van der Waals surface area contributed by atoms with Gasteiger partial charge in [-0.2, -0.15) is 10.2 Å². The first-order valence-corrected chi connectivity index (χ1v) is 8.92. The van der Waals surface area contributed by atoms with Crippen LogP contribution in [0.4, 0.5) is 19.3 Å². The Balaban J connectivity index is 1.53. The second-order valence-corrected chi connectivity index (χ2v) is 6.55. The van der Waals surface area contributed by atoms with E-state index in [2.05, 4.69) is 15.5 Å². The van der Waals surface area contributed by atoms with Gasteiger partial charge in [-0.1, -0.05) is 11.2 Å². The Hall–Kier alpha value is -3.80. The number of benzene rings is 2. The number of nitriles is 1. The van der Waals surface area contributed by atoms with Crippen LogP contribution >= 0.6 is 0 Å². The third kappa shape index (κ3) is 3.78. The highest BCUT2D eigenvalue weighted by atomic mass is 19.1. The second-order valence-electron chi connectivity index (χ2n) is 6.55. The Kier molecular flexibility index (Phi) is 4.91. The van der Waals surface area contributed by atoms with Crippen LogP contribution in [0.25, 0.3) is 11.4 Å². The van der Waals surface area contributed by atoms with E-state index in [1.165, 1.54) is 6.07 Å². The topological polar surface area (TPSA) is 95.1 Å². The highest BCUT2D eigenvalue weighted by molar-refractivity contribution is 5.90. The van der Waals surface area contributed by atoms with E-state index < -0.39 is 17.7 Å². The molecule has 0 saturated carbocycles. The van der Waals surface area contributed by atoms with Crippen molar-refractivity contribution in [2.75, 3.05) is 11.9 Å². The molecular weight excluding hydrogens is 380 g/mol. The van der Waals surface area contributed by atoms with Crippen molar-refractivity contribution in [1.29, 1.82) is 5.26 Å². The zero-order chi connectivity index (χ0) is 20.4. The van der Waals surface area contributed by atoms with Gasteiger partial charge < -0.3 is 14.7 Å². The summed E-state index contributed by atoms with van der Waals surface area (Å²) in [6.07, 6.45) is 1.35. The predicted molar refractivity (Wildman–Crippen MR) is 98.5 cm³/mol. The molecule has 1 aliphatic heterocycles. The molecule has 146 valence electrons. The summed E-state index contributed by atoms with van der Waals surface area (Å²) >= 11 is 0. The Morgan fingerprint density at radius 2 is 2.14 bits per heavy atom. The summed E-state index contributed by atoms with van der Waals surface area (Å²) in [4.78, 5) is 18.5. The van der Waals surface area contributed by atoms with Gasteiger partial charge in [0, 0.05) is 18.3 Å². The molecule has 1 aromatic heterocycles. The molecule has 1 saturated heterocycles. The quantitative estimate of drug-likeness (QED) is 0.715. The smallest absolute Gasteiger partial charge is 0.322 e. The summed E-state index contributed by atoms with van der Waals surface area (Å²) in [7, 11) is 0. The number of rotatable bonds is 3. The van der Waals surface area contributed by atoms with Gasteiger partial charge in [0.05, 0.1) is 17.2 Å². The number of nitrogens with zero attached hydrogens (tertiary/aromatic N) is 4.